The molecule has 0 amide bonds. The van der Waals surface area contributed by atoms with Gasteiger partial charge in [0.2, 0.25) is 0 Å². The van der Waals surface area contributed by atoms with Crippen molar-refractivity contribution < 1.29 is 0 Å². The van der Waals surface area contributed by atoms with Crippen LogP contribution in [-0.4, -0.2) is 15.0 Å². The van der Waals surface area contributed by atoms with E-state index in [0.29, 0.717) is 0 Å². The lowest BCUT2D eigenvalue weighted by Gasteiger charge is -2.07. The topological polar surface area (TPSA) is 38.7 Å². The van der Waals surface area contributed by atoms with Gasteiger partial charge >= 0.3 is 0 Å². The summed E-state index contributed by atoms with van der Waals surface area (Å²) in [5, 5.41) is 0. The average molecular weight is 558 g/mol. The molecule has 0 bridgehead atoms. The second-order valence-electron chi connectivity index (χ2n) is 12.6. The molecule has 0 unspecified atom stereocenters. The van der Waals surface area contributed by atoms with E-state index in [-0.39, 0.29) is 0 Å². The Morgan fingerprint density at radius 1 is 0.275 bits per heavy atom. The van der Waals surface area contributed by atoms with E-state index in [1.807, 2.05) is 0 Å². The van der Waals surface area contributed by atoms with Crippen molar-refractivity contribution >= 4 is 0 Å². The van der Waals surface area contributed by atoms with Crippen LogP contribution in [0.25, 0.3) is 0 Å². The Morgan fingerprint density at radius 2 is 0.500 bits per heavy atom. The molecule has 0 fully saturated rings. The minimum Gasteiger partial charge on any atom is -0.218 e. The second-order valence-corrected chi connectivity index (χ2v) is 12.6. The quantitative estimate of drug-likeness (QED) is 0.0852. The normalized spacial score (nSPS) is 11.5. The van der Waals surface area contributed by atoms with Crippen molar-refractivity contribution in [3.05, 3.63) is 17.5 Å². The monoisotopic (exact) mass is 558 g/mol. The zero-order chi connectivity index (χ0) is 28.8. The van der Waals surface area contributed by atoms with Gasteiger partial charge < -0.3 is 0 Å². The Hall–Kier alpha value is -0.990. The third-order valence-corrected chi connectivity index (χ3v) is 8.60. The van der Waals surface area contributed by atoms with Crippen molar-refractivity contribution in [2.75, 3.05) is 0 Å². The molecule has 1 aromatic heterocycles. The molecule has 1 rings (SSSR count). The largest absolute Gasteiger partial charge is 0.218 e. The lowest BCUT2D eigenvalue weighted by molar-refractivity contribution is 0.532. The van der Waals surface area contributed by atoms with Crippen molar-refractivity contribution in [3.8, 4) is 0 Å². The summed E-state index contributed by atoms with van der Waals surface area (Å²) >= 11 is 0. The first kappa shape index (κ1) is 37.0. The maximum atomic E-state index is 4.86. The molecule has 0 aliphatic carbocycles. The smallest absolute Gasteiger partial charge is 0.132 e. The summed E-state index contributed by atoms with van der Waals surface area (Å²) in [4.78, 5) is 14.4. The average Bonchev–Trinajstić information content (AvgIpc) is 2.97. The van der Waals surface area contributed by atoms with Crippen LogP contribution in [0.4, 0.5) is 0 Å². The zero-order valence-corrected chi connectivity index (χ0v) is 27.8. The van der Waals surface area contributed by atoms with Crippen molar-refractivity contribution in [3.63, 3.8) is 0 Å². The lowest BCUT2D eigenvalue weighted by Crippen LogP contribution is -2.07. The Balaban J connectivity index is 2.01. The van der Waals surface area contributed by atoms with Gasteiger partial charge in [0.15, 0.2) is 0 Å². The highest BCUT2D eigenvalue weighted by molar-refractivity contribution is 4.98. The predicted molar refractivity (Wildman–Crippen MR) is 177 cm³/mol. The fraction of sp³-hybridized carbons (Fsp3) is 0.919. The fourth-order valence-electron chi connectivity index (χ4n) is 5.86. The summed E-state index contributed by atoms with van der Waals surface area (Å²) in [6.45, 7) is 6.77. The summed E-state index contributed by atoms with van der Waals surface area (Å²) in [6.07, 6.45) is 42.3. The molecule has 0 atom stereocenters. The van der Waals surface area contributed by atoms with Crippen molar-refractivity contribution in [1.82, 2.24) is 15.0 Å². The molecule has 0 radical (unpaired) electrons. The first-order valence-corrected chi connectivity index (χ1v) is 18.5. The first-order chi connectivity index (χ1) is 19.8. The molecule has 40 heavy (non-hydrogen) atoms. The fourth-order valence-corrected chi connectivity index (χ4v) is 5.86. The molecule has 0 spiro atoms. The lowest BCUT2D eigenvalue weighted by atomic mass is 10.0. The highest BCUT2D eigenvalue weighted by atomic mass is 15.0. The van der Waals surface area contributed by atoms with Gasteiger partial charge in [-0.25, -0.2) is 15.0 Å². The minimum atomic E-state index is 0.917. The van der Waals surface area contributed by atoms with Gasteiger partial charge in [-0.2, -0.15) is 0 Å². The summed E-state index contributed by atoms with van der Waals surface area (Å²) in [5.74, 6) is 3.09. The molecule has 3 nitrogen and oxygen atoms in total. The van der Waals surface area contributed by atoms with Crippen LogP contribution in [-0.2, 0) is 19.3 Å². The van der Waals surface area contributed by atoms with Crippen LogP contribution >= 0.6 is 0 Å². The molecule has 1 heterocycles. The molecule has 0 aliphatic heterocycles. The van der Waals surface area contributed by atoms with E-state index in [1.54, 1.807) is 0 Å². The number of hydrogen-bond donors (Lipinski definition) is 0. The Kier molecular flexibility index (Phi) is 27.3. The van der Waals surface area contributed by atoms with Crippen LogP contribution in [0.5, 0.6) is 0 Å². The Labute approximate surface area is 251 Å². The molecule has 3 heteroatoms. The summed E-state index contributed by atoms with van der Waals surface area (Å²) in [5.41, 5.74) is 0. The maximum absolute atomic E-state index is 4.86. The molecular weight excluding hydrogens is 486 g/mol. The van der Waals surface area contributed by atoms with Gasteiger partial charge in [0.1, 0.15) is 17.5 Å². The van der Waals surface area contributed by atoms with Crippen molar-refractivity contribution in [2.45, 2.75) is 220 Å². The molecular formula is C37H71N3. The van der Waals surface area contributed by atoms with Crippen LogP contribution in [0.1, 0.15) is 218 Å². The number of rotatable bonds is 31. The SMILES string of the molecule is CCCCCCCCCCCCCCCCc1nc(CC)nc(CCCCCCCCCCCCCCCC)n1. The van der Waals surface area contributed by atoms with E-state index in [4.69, 9.17) is 15.0 Å². The molecule has 234 valence electrons. The molecule has 1 aromatic rings. The first-order valence-electron chi connectivity index (χ1n) is 18.5. The van der Waals surface area contributed by atoms with Gasteiger partial charge in [0.25, 0.3) is 0 Å². The molecule has 0 aromatic carbocycles. The van der Waals surface area contributed by atoms with E-state index >= 15 is 0 Å². The van der Waals surface area contributed by atoms with Gasteiger partial charge in [-0.05, 0) is 12.8 Å². The number of hydrogen-bond acceptors (Lipinski definition) is 3. The van der Waals surface area contributed by atoms with Gasteiger partial charge in [-0.1, -0.05) is 188 Å². The van der Waals surface area contributed by atoms with Gasteiger partial charge in [0.05, 0.1) is 0 Å². The Morgan fingerprint density at radius 3 is 0.750 bits per heavy atom. The van der Waals surface area contributed by atoms with Crippen LogP contribution < -0.4 is 0 Å². The van der Waals surface area contributed by atoms with E-state index in [9.17, 15) is 0 Å². The van der Waals surface area contributed by atoms with E-state index in [2.05, 4.69) is 20.8 Å². The second kappa shape index (κ2) is 29.5. The predicted octanol–water partition coefficient (Wildman–Crippen LogP) is 12.5. The number of aromatic nitrogens is 3. The minimum absolute atomic E-state index is 0.917. The van der Waals surface area contributed by atoms with Crippen molar-refractivity contribution in [2.24, 2.45) is 0 Å². The third kappa shape index (κ3) is 23.7. The molecule has 0 N–H and O–H groups in total. The maximum Gasteiger partial charge on any atom is 0.132 e. The van der Waals surface area contributed by atoms with Gasteiger partial charge in [-0.15, -0.1) is 0 Å². The third-order valence-electron chi connectivity index (χ3n) is 8.60. The summed E-state index contributed by atoms with van der Waals surface area (Å²) < 4.78 is 0. The highest BCUT2D eigenvalue weighted by Crippen LogP contribution is 2.15. The molecule has 0 saturated heterocycles. The summed E-state index contributed by atoms with van der Waals surface area (Å²) in [6, 6.07) is 0. The summed E-state index contributed by atoms with van der Waals surface area (Å²) in [7, 11) is 0. The van der Waals surface area contributed by atoms with Crippen LogP contribution in [0.3, 0.4) is 0 Å². The highest BCUT2D eigenvalue weighted by Gasteiger charge is 2.06. The van der Waals surface area contributed by atoms with Crippen LogP contribution in [0.2, 0.25) is 0 Å². The molecule has 0 aliphatic rings. The van der Waals surface area contributed by atoms with Gasteiger partial charge in [0, 0.05) is 19.3 Å². The number of aryl methyl sites for hydroxylation is 3. The Bertz CT molecular complexity index is 594. The van der Waals surface area contributed by atoms with Crippen molar-refractivity contribution in [1.29, 1.82) is 0 Å². The number of nitrogens with zero attached hydrogens (tertiary/aromatic N) is 3. The van der Waals surface area contributed by atoms with E-state index in [0.717, 1.165) is 36.7 Å². The van der Waals surface area contributed by atoms with Crippen LogP contribution in [0, 0.1) is 0 Å². The van der Waals surface area contributed by atoms with E-state index < -0.39 is 0 Å². The number of unbranched alkanes of at least 4 members (excludes halogenated alkanes) is 26. The zero-order valence-electron chi connectivity index (χ0n) is 27.8. The molecule has 0 saturated carbocycles. The standard InChI is InChI=1S/C37H71N3/c1-4-7-9-11-13-15-17-19-21-23-25-27-29-31-33-36-38-35(6-3)39-37(40-36)34-32-30-28-26-24-22-20-18-16-14-12-10-8-5-2/h4-34H2,1-3H3. The van der Waals surface area contributed by atoms with E-state index in [1.165, 1.54) is 180 Å². The van der Waals surface area contributed by atoms with Gasteiger partial charge in [-0.3, -0.25) is 0 Å². The van der Waals surface area contributed by atoms with Crippen LogP contribution in [0.15, 0.2) is 0 Å².